The van der Waals surface area contributed by atoms with Crippen molar-refractivity contribution >= 4 is 29.9 Å². The van der Waals surface area contributed by atoms with E-state index in [0.29, 0.717) is 37.5 Å². The zero-order chi connectivity index (χ0) is 15.7. The molecule has 1 aromatic rings. The molecule has 0 aromatic heterocycles. The Kier molecular flexibility index (Phi) is 5.59. The summed E-state index contributed by atoms with van der Waals surface area (Å²) in [5.41, 5.74) is 1.43. The number of likely N-dealkylation sites (tertiary alicyclic amines) is 1. The number of nitrogens with zero attached hydrogens (tertiary/aromatic N) is 1. The average Bonchev–Trinajstić information content (AvgIpc) is 2.95. The van der Waals surface area contributed by atoms with Crippen LogP contribution in [0.25, 0.3) is 0 Å². The van der Waals surface area contributed by atoms with Crippen molar-refractivity contribution in [1.82, 2.24) is 10.2 Å². The first kappa shape index (κ1) is 17.7. The second kappa shape index (κ2) is 7.27. The highest BCUT2D eigenvalue weighted by molar-refractivity contribution is 5.98. The lowest BCUT2D eigenvalue weighted by Gasteiger charge is -2.21. The van der Waals surface area contributed by atoms with Crippen molar-refractivity contribution in [3.63, 3.8) is 0 Å². The molecule has 0 aliphatic carbocycles. The lowest BCUT2D eigenvalue weighted by molar-refractivity contribution is -0.116. The summed E-state index contributed by atoms with van der Waals surface area (Å²) in [6.07, 6.45) is 1.86. The van der Waals surface area contributed by atoms with Crippen LogP contribution in [0.4, 0.5) is 10.1 Å². The van der Waals surface area contributed by atoms with Gasteiger partial charge in [-0.15, -0.1) is 12.4 Å². The molecule has 1 aromatic carbocycles. The van der Waals surface area contributed by atoms with E-state index in [-0.39, 0.29) is 29.8 Å². The van der Waals surface area contributed by atoms with E-state index in [1.807, 2.05) is 7.05 Å². The summed E-state index contributed by atoms with van der Waals surface area (Å²) in [5, 5.41) is 5.76. The van der Waals surface area contributed by atoms with E-state index in [4.69, 9.17) is 0 Å². The van der Waals surface area contributed by atoms with Crippen molar-refractivity contribution in [3.05, 3.63) is 29.1 Å². The van der Waals surface area contributed by atoms with E-state index in [9.17, 15) is 14.0 Å². The van der Waals surface area contributed by atoms with Gasteiger partial charge in [-0.3, -0.25) is 9.59 Å². The molecule has 2 aliphatic rings. The third kappa shape index (κ3) is 3.64. The van der Waals surface area contributed by atoms with E-state index in [1.165, 1.54) is 6.07 Å². The molecule has 1 fully saturated rings. The van der Waals surface area contributed by atoms with Gasteiger partial charge in [0.05, 0.1) is 5.56 Å². The Hall–Kier alpha value is -1.66. The number of fused-ring (bicyclic) bond motifs is 1. The molecule has 0 spiro atoms. The Labute approximate surface area is 141 Å². The number of amides is 2. The molecule has 23 heavy (non-hydrogen) atoms. The highest BCUT2D eigenvalue weighted by Gasteiger charge is 2.29. The highest BCUT2D eigenvalue weighted by atomic mass is 35.5. The SMILES string of the molecule is CNCC1CCN(C(=O)c2cc3c(cc2F)NC(=O)CC3)C1.Cl. The number of aryl methyl sites for hydroxylation is 1. The van der Waals surface area contributed by atoms with E-state index >= 15 is 0 Å². The van der Waals surface area contributed by atoms with E-state index in [1.54, 1.807) is 11.0 Å². The second-order valence-electron chi connectivity index (χ2n) is 6.00. The molecule has 2 aliphatic heterocycles. The lowest BCUT2D eigenvalue weighted by atomic mass is 9.99. The lowest BCUT2D eigenvalue weighted by Crippen LogP contribution is -2.31. The zero-order valence-corrected chi connectivity index (χ0v) is 13.8. The molecule has 0 bridgehead atoms. The van der Waals surface area contributed by atoms with Crippen LogP contribution in [0.2, 0.25) is 0 Å². The number of carbonyl (C=O) groups is 2. The molecule has 3 rings (SSSR count). The number of anilines is 1. The van der Waals surface area contributed by atoms with Gasteiger partial charge < -0.3 is 15.5 Å². The quantitative estimate of drug-likeness (QED) is 0.881. The molecule has 1 atom stereocenters. The van der Waals surface area contributed by atoms with Crippen molar-refractivity contribution in [2.45, 2.75) is 19.3 Å². The summed E-state index contributed by atoms with van der Waals surface area (Å²) in [5.74, 6) is -0.506. The van der Waals surface area contributed by atoms with Gasteiger partial charge in [0.1, 0.15) is 5.82 Å². The summed E-state index contributed by atoms with van der Waals surface area (Å²) in [4.78, 5) is 25.6. The predicted octanol–water partition coefficient (Wildman–Crippen LogP) is 1.81. The maximum absolute atomic E-state index is 14.2. The minimum Gasteiger partial charge on any atom is -0.338 e. The zero-order valence-electron chi connectivity index (χ0n) is 13.0. The number of nitrogens with one attached hydrogen (secondary N) is 2. The molecule has 2 heterocycles. The van der Waals surface area contributed by atoms with Crippen molar-refractivity contribution in [3.8, 4) is 0 Å². The fraction of sp³-hybridized carbons (Fsp3) is 0.500. The van der Waals surface area contributed by atoms with Gasteiger partial charge >= 0.3 is 0 Å². The first-order chi connectivity index (χ1) is 10.6. The first-order valence-corrected chi connectivity index (χ1v) is 7.64. The van der Waals surface area contributed by atoms with Gasteiger partial charge in [-0.05, 0) is 50.0 Å². The van der Waals surface area contributed by atoms with Crippen molar-refractivity contribution in [2.75, 3.05) is 32.0 Å². The molecular formula is C16H21ClFN3O2. The Morgan fingerprint density at radius 1 is 1.43 bits per heavy atom. The largest absolute Gasteiger partial charge is 0.338 e. The van der Waals surface area contributed by atoms with Crippen LogP contribution in [-0.4, -0.2) is 43.4 Å². The Bertz CT molecular complexity index is 624. The fourth-order valence-corrected chi connectivity index (χ4v) is 3.21. The molecule has 5 nitrogen and oxygen atoms in total. The van der Waals surface area contributed by atoms with Gasteiger partial charge in [-0.1, -0.05) is 0 Å². The number of hydrogen-bond donors (Lipinski definition) is 2. The number of halogens is 2. The summed E-state index contributed by atoms with van der Waals surface area (Å²) in [6, 6.07) is 2.86. The Balaban J connectivity index is 0.00000192. The van der Waals surface area contributed by atoms with Crippen LogP contribution in [-0.2, 0) is 11.2 Å². The summed E-state index contributed by atoms with van der Waals surface area (Å²) < 4.78 is 14.2. The van der Waals surface area contributed by atoms with Gasteiger partial charge in [0.25, 0.3) is 5.91 Å². The summed E-state index contributed by atoms with van der Waals surface area (Å²) in [6.45, 7) is 2.19. The Morgan fingerprint density at radius 3 is 2.96 bits per heavy atom. The topological polar surface area (TPSA) is 61.4 Å². The summed E-state index contributed by atoms with van der Waals surface area (Å²) >= 11 is 0. The van der Waals surface area contributed by atoms with Crippen LogP contribution in [0, 0.1) is 11.7 Å². The van der Waals surface area contributed by atoms with Crippen LogP contribution in [0.5, 0.6) is 0 Å². The smallest absolute Gasteiger partial charge is 0.256 e. The molecule has 1 unspecified atom stereocenters. The molecule has 0 radical (unpaired) electrons. The number of rotatable bonds is 3. The van der Waals surface area contributed by atoms with Gasteiger partial charge in [-0.2, -0.15) is 0 Å². The van der Waals surface area contributed by atoms with Crippen LogP contribution in [0.3, 0.4) is 0 Å². The van der Waals surface area contributed by atoms with Gasteiger partial charge in [0.2, 0.25) is 5.91 Å². The molecule has 2 amide bonds. The molecule has 2 N–H and O–H groups in total. The third-order valence-corrected chi connectivity index (χ3v) is 4.38. The second-order valence-corrected chi connectivity index (χ2v) is 6.00. The average molecular weight is 342 g/mol. The van der Waals surface area contributed by atoms with Crippen LogP contribution >= 0.6 is 12.4 Å². The maximum Gasteiger partial charge on any atom is 0.256 e. The van der Waals surface area contributed by atoms with Gasteiger partial charge in [0.15, 0.2) is 0 Å². The first-order valence-electron chi connectivity index (χ1n) is 7.64. The summed E-state index contributed by atoms with van der Waals surface area (Å²) in [7, 11) is 1.89. The molecule has 1 saturated heterocycles. The van der Waals surface area contributed by atoms with Gasteiger partial charge in [-0.25, -0.2) is 4.39 Å². The normalized spacial score (nSPS) is 19.8. The monoisotopic (exact) mass is 341 g/mol. The minimum absolute atomic E-state index is 0. The molecule has 0 saturated carbocycles. The van der Waals surface area contributed by atoms with E-state index in [2.05, 4.69) is 10.6 Å². The number of carbonyl (C=O) groups excluding carboxylic acids is 2. The fourth-order valence-electron chi connectivity index (χ4n) is 3.21. The third-order valence-electron chi connectivity index (χ3n) is 4.38. The van der Waals surface area contributed by atoms with Crippen molar-refractivity contribution < 1.29 is 14.0 Å². The van der Waals surface area contributed by atoms with Crippen LogP contribution in [0.1, 0.15) is 28.8 Å². The van der Waals surface area contributed by atoms with E-state index < -0.39 is 5.82 Å². The predicted molar refractivity (Wildman–Crippen MR) is 88.5 cm³/mol. The molecule has 7 heteroatoms. The van der Waals surface area contributed by atoms with E-state index in [0.717, 1.165) is 18.5 Å². The Morgan fingerprint density at radius 2 is 2.22 bits per heavy atom. The minimum atomic E-state index is -0.567. The number of benzene rings is 1. The maximum atomic E-state index is 14.2. The standard InChI is InChI=1S/C16H20FN3O2.ClH/c1-18-8-10-4-5-20(9-10)16(22)12-6-11-2-3-15(21)19-14(11)7-13(12)17;/h6-7,10,18H,2-5,8-9H2,1H3,(H,19,21);1H. The number of hydrogen-bond acceptors (Lipinski definition) is 3. The molecular weight excluding hydrogens is 321 g/mol. The van der Waals surface area contributed by atoms with Crippen LogP contribution < -0.4 is 10.6 Å². The highest BCUT2D eigenvalue weighted by Crippen LogP contribution is 2.27. The van der Waals surface area contributed by atoms with Crippen molar-refractivity contribution in [2.24, 2.45) is 5.92 Å². The van der Waals surface area contributed by atoms with Crippen LogP contribution in [0.15, 0.2) is 12.1 Å². The van der Waals surface area contributed by atoms with Gasteiger partial charge in [0, 0.05) is 25.2 Å². The van der Waals surface area contributed by atoms with Crippen molar-refractivity contribution in [1.29, 1.82) is 0 Å². The molecule has 126 valence electrons.